The lowest BCUT2D eigenvalue weighted by atomic mass is 10.1. The minimum absolute atomic E-state index is 0.224. The normalized spacial score (nSPS) is 12.2. The lowest BCUT2D eigenvalue weighted by Crippen LogP contribution is -2.48. The molecule has 0 aliphatic heterocycles. The topological polar surface area (TPSA) is 84.5 Å². The summed E-state index contributed by atoms with van der Waals surface area (Å²) in [5.41, 5.74) is 4.22. The van der Waals surface area contributed by atoms with Crippen molar-refractivity contribution in [2.45, 2.75) is 44.6 Å². The van der Waals surface area contributed by atoms with Crippen LogP contribution in [0.4, 0.5) is 0 Å². The Morgan fingerprint density at radius 1 is 0.912 bits per heavy atom. The smallest absolute Gasteiger partial charge is 0.241 e. The van der Waals surface area contributed by atoms with Crippen molar-refractivity contribution in [1.29, 1.82) is 0 Å². The monoisotopic (exact) mass is 480 g/mol. The molecular weight excluding hydrogens is 448 g/mol. The first-order valence-electron chi connectivity index (χ1n) is 11.2. The largest absolute Gasteiger partial charge is 0.497 e. The third kappa shape index (κ3) is 6.68. The molecular formula is C27H32N2O4S. The van der Waals surface area contributed by atoms with Crippen molar-refractivity contribution in [1.82, 2.24) is 10.0 Å². The number of amides is 1. The Hall–Kier alpha value is -3.16. The maximum atomic E-state index is 13.3. The fourth-order valence-electron chi connectivity index (χ4n) is 4.12. The van der Waals surface area contributed by atoms with Crippen LogP contribution < -0.4 is 14.8 Å². The van der Waals surface area contributed by atoms with Gasteiger partial charge in [0.25, 0.3) is 0 Å². The summed E-state index contributed by atoms with van der Waals surface area (Å²) in [5, 5.41) is 2.90. The number of benzene rings is 3. The summed E-state index contributed by atoms with van der Waals surface area (Å²) in [7, 11) is -2.30. The molecule has 0 spiro atoms. The van der Waals surface area contributed by atoms with Gasteiger partial charge < -0.3 is 10.1 Å². The maximum absolute atomic E-state index is 13.3. The molecule has 3 aromatic carbocycles. The maximum Gasteiger partial charge on any atom is 0.241 e. The van der Waals surface area contributed by atoms with Crippen molar-refractivity contribution in [3.05, 3.63) is 94.5 Å². The number of rotatable bonds is 10. The Morgan fingerprint density at radius 2 is 1.53 bits per heavy atom. The number of methoxy groups -OCH3 is 1. The van der Waals surface area contributed by atoms with Gasteiger partial charge in [-0.25, -0.2) is 8.42 Å². The van der Waals surface area contributed by atoms with Crippen LogP contribution in [-0.2, 0) is 27.7 Å². The molecule has 0 saturated carbocycles. The fourth-order valence-corrected chi connectivity index (χ4v) is 5.77. The second kappa shape index (κ2) is 11.3. The molecule has 1 unspecified atom stereocenters. The summed E-state index contributed by atoms with van der Waals surface area (Å²) in [4.78, 5) is 13.3. The number of sulfonamides is 1. The number of ether oxygens (including phenoxy) is 1. The number of carbonyl (C=O) groups excluding carboxylic acids is 1. The molecule has 34 heavy (non-hydrogen) atoms. The summed E-state index contributed by atoms with van der Waals surface area (Å²) < 4.78 is 34.5. The van der Waals surface area contributed by atoms with Crippen LogP contribution in [0.1, 0.15) is 27.8 Å². The van der Waals surface area contributed by atoms with Crippen LogP contribution >= 0.6 is 0 Å². The van der Waals surface area contributed by atoms with E-state index in [-0.39, 0.29) is 17.2 Å². The highest BCUT2D eigenvalue weighted by Crippen LogP contribution is 2.22. The van der Waals surface area contributed by atoms with Crippen molar-refractivity contribution >= 4 is 15.9 Å². The van der Waals surface area contributed by atoms with Crippen LogP contribution in [0.5, 0.6) is 5.75 Å². The molecule has 3 aromatic rings. The zero-order chi connectivity index (χ0) is 24.7. The number of aryl methyl sites for hydroxylation is 3. The zero-order valence-corrected chi connectivity index (χ0v) is 20.9. The fraction of sp³-hybridized carbons (Fsp3) is 0.296. The van der Waals surface area contributed by atoms with Crippen LogP contribution in [0.15, 0.2) is 71.6 Å². The lowest BCUT2D eigenvalue weighted by molar-refractivity contribution is -0.122. The van der Waals surface area contributed by atoms with E-state index in [0.29, 0.717) is 24.1 Å². The van der Waals surface area contributed by atoms with Crippen molar-refractivity contribution in [3.8, 4) is 5.75 Å². The van der Waals surface area contributed by atoms with Gasteiger partial charge in [0.05, 0.1) is 12.0 Å². The lowest BCUT2D eigenvalue weighted by Gasteiger charge is -2.20. The van der Waals surface area contributed by atoms with Gasteiger partial charge in [0.15, 0.2) is 0 Å². The molecule has 0 aliphatic rings. The Kier molecular flexibility index (Phi) is 8.47. The van der Waals surface area contributed by atoms with Gasteiger partial charge in [-0.15, -0.1) is 0 Å². The van der Waals surface area contributed by atoms with Crippen LogP contribution in [0.3, 0.4) is 0 Å². The van der Waals surface area contributed by atoms with Crippen LogP contribution in [0, 0.1) is 20.8 Å². The Morgan fingerprint density at radius 3 is 2.12 bits per heavy atom. The van der Waals surface area contributed by atoms with Gasteiger partial charge in [-0.1, -0.05) is 60.2 Å². The molecule has 0 aromatic heterocycles. The SMILES string of the molecule is COc1ccc(CCNC(=O)C(Cc2ccccc2)NS(=O)(=O)c2c(C)cc(C)cc2C)cc1. The van der Waals surface area contributed by atoms with Crippen molar-refractivity contribution in [2.24, 2.45) is 0 Å². The van der Waals surface area contributed by atoms with Gasteiger partial charge in [0, 0.05) is 6.54 Å². The summed E-state index contributed by atoms with van der Waals surface area (Å²) >= 11 is 0. The molecule has 0 fully saturated rings. The molecule has 180 valence electrons. The van der Waals surface area contributed by atoms with Crippen LogP contribution in [0.25, 0.3) is 0 Å². The van der Waals surface area contributed by atoms with Gasteiger partial charge in [-0.3, -0.25) is 4.79 Å². The molecule has 7 heteroatoms. The predicted molar refractivity (Wildman–Crippen MR) is 135 cm³/mol. The number of nitrogens with one attached hydrogen (secondary N) is 2. The van der Waals surface area contributed by atoms with Gasteiger partial charge in [-0.05, 0) is 68.0 Å². The van der Waals surface area contributed by atoms with E-state index in [0.717, 1.165) is 22.4 Å². The average molecular weight is 481 g/mol. The molecule has 0 bridgehead atoms. The summed E-state index contributed by atoms with van der Waals surface area (Å²) in [5.74, 6) is 0.412. The molecule has 1 amide bonds. The molecule has 0 heterocycles. The molecule has 3 rings (SSSR count). The molecule has 0 radical (unpaired) electrons. The van der Waals surface area contributed by atoms with E-state index < -0.39 is 16.1 Å². The van der Waals surface area contributed by atoms with Crippen molar-refractivity contribution < 1.29 is 17.9 Å². The predicted octanol–water partition coefficient (Wildman–Crippen LogP) is 3.87. The third-order valence-electron chi connectivity index (χ3n) is 5.64. The van der Waals surface area contributed by atoms with E-state index in [4.69, 9.17) is 4.74 Å². The van der Waals surface area contributed by atoms with E-state index in [2.05, 4.69) is 10.0 Å². The van der Waals surface area contributed by atoms with Gasteiger partial charge in [-0.2, -0.15) is 4.72 Å². The van der Waals surface area contributed by atoms with E-state index in [1.54, 1.807) is 21.0 Å². The summed E-state index contributed by atoms with van der Waals surface area (Å²) in [6.45, 7) is 5.87. The van der Waals surface area contributed by atoms with E-state index in [9.17, 15) is 13.2 Å². The summed E-state index contributed by atoms with van der Waals surface area (Å²) in [6.07, 6.45) is 0.870. The molecule has 1 atom stereocenters. The van der Waals surface area contributed by atoms with E-state index in [1.165, 1.54) is 0 Å². The average Bonchev–Trinajstić information content (AvgIpc) is 2.78. The highest BCUT2D eigenvalue weighted by atomic mass is 32.2. The minimum atomic E-state index is -3.91. The quantitative estimate of drug-likeness (QED) is 0.461. The van der Waals surface area contributed by atoms with E-state index >= 15 is 0 Å². The Labute approximate surface area is 202 Å². The van der Waals surface area contributed by atoms with Gasteiger partial charge in [0.2, 0.25) is 15.9 Å². The first-order valence-corrected chi connectivity index (χ1v) is 12.7. The van der Waals surface area contributed by atoms with Crippen molar-refractivity contribution in [3.63, 3.8) is 0 Å². The van der Waals surface area contributed by atoms with Crippen LogP contribution in [0.2, 0.25) is 0 Å². The number of carbonyl (C=O) groups is 1. The van der Waals surface area contributed by atoms with E-state index in [1.807, 2.05) is 73.7 Å². The number of hydrogen-bond donors (Lipinski definition) is 2. The van der Waals surface area contributed by atoms with Crippen LogP contribution in [-0.4, -0.2) is 34.0 Å². The second-order valence-corrected chi connectivity index (χ2v) is 10.1. The first kappa shape index (κ1) is 25.5. The number of hydrogen-bond acceptors (Lipinski definition) is 4. The zero-order valence-electron chi connectivity index (χ0n) is 20.1. The molecule has 2 N–H and O–H groups in total. The third-order valence-corrected chi connectivity index (χ3v) is 7.42. The molecule has 0 aliphatic carbocycles. The molecule has 6 nitrogen and oxygen atoms in total. The Bertz CT molecular complexity index is 1200. The minimum Gasteiger partial charge on any atom is -0.497 e. The highest BCUT2D eigenvalue weighted by molar-refractivity contribution is 7.89. The van der Waals surface area contributed by atoms with Crippen molar-refractivity contribution in [2.75, 3.05) is 13.7 Å². The highest BCUT2D eigenvalue weighted by Gasteiger charge is 2.28. The summed E-state index contributed by atoms with van der Waals surface area (Å²) in [6, 6.07) is 19.8. The first-order chi connectivity index (χ1) is 16.2. The molecule has 0 saturated heterocycles. The standard InChI is InChI=1S/C27H32N2O4S/c1-19-16-20(2)26(21(3)17-19)34(31,32)29-25(18-23-8-6-5-7-9-23)27(30)28-15-14-22-10-12-24(33-4)13-11-22/h5-13,16-17,25,29H,14-15,18H2,1-4H3,(H,28,30). The van der Waals surface area contributed by atoms with Gasteiger partial charge in [0.1, 0.15) is 11.8 Å². The van der Waals surface area contributed by atoms with Gasteiger partial charge >= 0.3 is 0 Å². The Balaban J connectivity index is 1.77. The second-order valence-electron chi connectivity index (χ2n) is 8.48.